The maximum Gasteiger partial charge on any atom is 0.119 e. The van der Waals surface area contributed by atoms with Crippen LogP contribution in [-0.2, 0) is 12.0 Å². The summed E-state index contributed by atoms with van der Waals surface area (Å²) in [4.78, 5) is 0. The molecule has 0 fully saturated rings. The molecule has 0 amide bonds. The molecule has 1 aromatic heterocycles. The maximum atomic E-state index is 5.66. The average molecular weight is 258 g/mol. The lowest BCUT2D eigenvalue weighted by Gasteiger charge is -2.14. The minimum Gasteiger partial charge on any atom is -0.494 e. The van der Waals surface area contributed by atoms with Crippen LogP contribution in [0.5, 0.6) is 5.75 Å². The third-order valence-corrected chi connectivity index (χ3v) is 2.95. The van der Waals surface area contributed by atoms with E-state index in [4.69, 9.17) is 4.74 Å². The molecule has 0 N–H and O–H groups in total. The average Bonchev–Trinajstić information content (AvgIpc) is 2.85. The van der Waals surface area contributed by atoms with Crippen molar-refractivity contribution in [2.24, 2.45) is 0 Å². The zero-order valence-electron chi connectivity index (χ0n) is 12.0. The zero-order valence-corrected chi connectivity index (χ0v) is 12.0. The van der Waals surface area contributed by atoms with E-state index in [1.165, 1.54) is 0 Å². The van der Waals surface area contributed by atoms with Crippen LogP contribution in [0.1, 0.15) is 32.9 Å². The molecule has 0 aliphatic rings. The maximum absolute atomic E-state index is 5.66. The van der Waals surface area contributed by atoms with Crippen molar-refractivity contribution in [1.29, 1.82) is 0 Å². The van der Waals surface area contributed by atoms with Crippen molar-refractivity contribution < 1.29 is 4.74 Å². The Bertz CT molecular complexity index is 497. The number of para-hydroxylation sites is 1. The van der Waals surface area contributed by atoms with Gasteiger partial charge in [0.05, 0.1) is 12.3 Å². The van der Waals surface area contributed by atoms with E-state index in [0.717, 1.165) is 24.4 Å². The molecule has 0 unspecified atom stereocenters. The highest BCUT2D eigenvalue weighted by molar-refractivity contribution is 5.20. The summed E-state index contributed by atoms with van der Waals surface area (Å²) in [5.74, 6) is 0.929. The first kappa shape index (κ1) is 13.7. The highest BCUT2D eigenvalue weighted by Crippen LogP contribution is 2.19. The predicted molar refractivity (Wildman–Crippen MR) is 77.5 cm³/mol. The fourth-order valence-electron chi connectivity index (χ4n) is 1.82. The number of aromatic nitrogens is 2. The summed E-state index contributed by atoms with van der Waals surface area (Å²) >= 11 is 0. The number of ether oxygens (including phenoxy) is 1. The van der Waals surface area contributed by atoms with E-state index in [0.29, 0.717) is 6.61 Å². The lowest BCUT2D eigenvalue weighted by molar-refractivity contribution is 0.298. The van der Waals surface area contributed by atoms with E-state index in [1.54, 1.807) is 0 Å². The van der Waals surface area contributed by atoms with Gasteiger partial charge in [-0.05, 0) is 18.2 Å². The molecule has 3 heteroatoms. The van der Waals surface area contributed by atoms with E-state index < -0.39 is 0 Å². The second kappa shape index (κ2) is 5.91. The van der Waals surface area contributed by atoms with Crippen LogP contribution in [0.4, 0.5) is 0 Å². The number of benzene rings is 1. The smallest absolute Gasteiger partial charge is 0.119 e. The number of rotatable bonds is 5. The Morgan fingerprint density at radius 1 is 1.11 bits per heavy atom. The third-order valence-electron chi connectivity index (χ3n) is 2.95. The molecular formula is C16H22N2O. The molecule has 2 rings (SSSR count). The lowest BCUT2D eigenvalue weighted by Crippen LogP contribution is -2.13. The minimum absolute atomic E-state index is 0.117. The van der Waals surface area contributed by atoms with Crippen LogP contribution in [0.25, 0.3) is 0 Å². The molecule has 0 saturated heterocycles. The molecule has 1 heterocycles. The molecular weight excluding hydrogens is 236 g/mol. The van der Waals surface area contributed by atoms with Crippen LogP contribution in [0.3, 0.4) is 0 Å². The molecule has 0 spiro atoms. The normalized spacial score (nSPS) is 11.5. The topological polar surface area (TPSA) is 27.1 Å². The first-order valence-electron chi connectivity index (χ1n) is 6.77. The largest absolute Gasteiger partial charge is 0.494 e. The molecule has 19 heavy (non-hydrogen) atoms. The van der Waals surface area contributed by atoms with Gasteiger partial charge < -0.3 is 4.74 Å². The van der Waals surface area contributed by atoms with Gasteiger partial charge in [0.25, 0.3) is 0 Å². The van der Waals surface area contributed by atoms with Crippen molar-refractivity contribution in [3.8, 4) is 5.75 Å². The van der Waals surface area contributed by atoms with Gasteiger partial charge in [0.15, 0.2) is 0 Å². The fourth-order valence-corrected chi connectivity index (χ4v) is 1.82. The molecule has 0 radical (unpaired) electrons. The first-order valence-corrected chi connectivity index (χ1v) is 6.77. The lowest BCUT2D eigenvalue weighted by atomic mass is 9.93. The Morgan fingerprint density at radius 2 is 1.84 bits per heavy atom. The summed E-state index contributed by atoms with van der Waals surface area (Å²) in [5, 5.41) is 4.59. The van der Waals surface area contributed by atoms with E-state index in [-0.39, 0.29) is 5.41 Å². The number of aryl methyl sites for hydroxylation is 1. The van der Waals surface area contributed by atoms with Gasteiger partial charge in [-0.3, -0.25) is 4.68 Å². The highest BCUT2D eigenvalue weighted by Gasteiger charge is 2.16. The first-order chi connectivity index (χ1) is 9.05. The van der Waals surface area contributed by atoms with E-state index in [9.17, 15) is 0 Å². The Balaban J connectivity index is 1.76. The van der Waals surface area contributed by atoms with Gasteiger partial charge in [0, 0.05) is 24.6 Å². The van der Waals surface area contributed by atoms with E-state index in [2.05, 4.69) is 31.9 Å². The number of hydrogen-bond acceptors (Lipinski definition) is 2. The molecule has 2 aromatic rings. The van der Waals surface area contributed by atoms with Gasteiger partial charge in [-0.1, -0.05) is 39.0 Å². The van der Waals surface area contributed by atoms with E-state index >= 15 is 0 Å². The van der Waals surface area contributed by atoms with Gasteiger partial charge >= 0.3 is 0 Å². The van der Waals surface area contributed by atoms with Crippen molar-refractivity contribution in [1.82, 2.24) is 9.78 Å². The van der Waals surface area contributed by atoms with Gasteiger partial charge in [-0.2, -0.15) is 5.10 Å². The van der Waals surface area contributed by atoms with Gasteiger partial charge in [0.2, 0.25) is 0 Å². The van der Waals surface area contributed by atoms with Crippen molar-refractivity contribution >= 4 is 0 Å². The standard InChI is InChI=1S/C16H22N2O/c1-16(2,3)15-10-12-18(17-15)11-7-13-19-14-8-5-4-6-9-14/h4-6,8-10,12H,7,11,13H2,1-3H3. The van der Waals surface area contributed by atoms with Crippen molar-refractivity contribution in [2.45, 2.75) is 39.2 Å². The van der Waals surface area contributed by atoms with Crippen molar-refractivity contribution in [3.63, 3.8) is 0 Å². The number of hydrogen-bond donors (Lipinski definition) is 0. The Morgan fingerprint density at radius 3 is 2.47 bits per heavy atom. The quantitative estimate of drug-likeness (QED) is 0.765. The van der Waals surface area contributed by atoms with Gasteiger partial charge in [0.1, 0.15) is 5.75 Å². The molecule has 102 valence electrons. The number of nitrogens with zero attached hydrogens (tertiary/aromatic N) is 2. The molecule has 0 bridgehead atoms. The second-order valence-electron chi connectivity index (χ2n) is 5.73. The van der Waals surface area contributed by atoms with Crippen LogP contribution in [-0.4, -0.2) is 16.4 Å². The molecule has 0 atom stereocenters. The van der Waals surface area contributed by atoms with Gasteiger partial charge in [-0.25, -0.2) is 0 Å². The van der Waals surface area contributed by atoms with Crippen LogP contribution in [0.15, 0.2) is 42.6 Å². The summed E-state index contributed by atoms with van der Waals surface area (Å²) in [6.45, 7) is 8.15. The molecule has 0 aliphatic heterocycles. The third kappa shape index (κ3) is 4.12. The monoisotopic (exact) mass is 258 g/mol. The Kier molecular flexibility index (Phi) is 4.25. The zero-order chi connectivity index (χ0) is 13.7. The van der Waals surface area contributed by atoms with Crippen LogP contribution < -0.4 is 4.74 Å². The molecule has 0 aliphatic carbocycles. The SMILES string of the molecule is CC(C)(C)c1ccn(CCCOc2ccccc2)n1. The summed E-state index contributed by atoms with van der Waals surface area (Å²) in [6, 6.07) is 12.0. The van der Waals surface area contributed by atoms with Crippen LogP contribution in [0.2, 0.25) is 0 Å². The Labute approximate surface area is 115 Å². The van der Waals surface area contributed by atoms with Crippen LogP contribution in [0, 0.1) is 0 Å². The summed E-state index contributed by atoms with van der Waals surface area (Å²) in [7, 11) is 0. The second-order valence-corrected chi connectivity index (χ2v) is 5.73. The predicted octanol–water partition coefficient (Wildman–Crippen LogP) is 3.65. The summed E-state index contributed by atoms with van der Waals surface area (Å²) < 4.78 is 7.66. The van der Waals surface area contributed by atoms with E-state index in [1.807, 2.05) is 41.2 Å². The minimum atomic E-state index is 0.117. The fraction of sp³-hybridized carbons (Fsp3) is 0.438. The summed E-state index contributed by atoms with van der Waals surface area (Å²) in [6.07, 6.45) is 3.00. The molecule has 0 saturated carbocycles. The van der Waals surface area contributed by atoms with Crippen LogP contribution >= 0.6 is 0 Å². The molecule has 3 nitrogen and oxygen atoms in total. The van der Waals surface area contributed by atoms with Crippen molar-refractivity contribution in [2.75, 3.05) is 6.61 Å². The van der Waals surface area contributed by atoms with Crippen molar-refractivity contribution in [3.05, 3.63) is 48.3 Å². The Hall–Kier alpha value is -1.77. The highest BCUT2D eigenvalue weighted by atomic mass is 16.5. The summed E-state index contributed by atoms with van der Waals surface area (Å²) in [5.41, 5.74) is 1.25. The van der Waals surface area contributed by atoms with Gasteiger partial charge in [-0.15, -0.1) is 0 Å². The molecule has 1 aromatic carbocycles.